The van der Waals surface area contributed by atoms with E-state index in [0.717, 1.165) is 47.4 Å². The van der Waals surface area contributed by atoms with Gasteiger partial charge in [0.15, 0.2) is 11.5 Å². The molecular formula is C22H16BrN7S. The molecule has 0 aliphatic rings. The number of rotatable bonds is 3. The van der Waals surface area contributed by atoms with Crippen LogP contribution in [0.5, 0.6) is 0 Å². The Balaban J connectivity index is 1.47. The van der Waals surface area contributed by atoms with Crippen LogP contribution in [0.4, 0.5) is 0 Å². The average molecular weight is 490 g/mol. The fourth-order valence-electron chi connectivity index (χ4n) is 3.91. The lowest BCUT2D eigenvalue weighted by molar-refractivity contribution is 0.687. The second-order valence-corrected chi connectivity index (χ2v) is 9.46. The summed E-state index contributed by atoms with van der Waals surface area (Å²) < 4.78 is 5.62. The Morgan fingerprint density at radius 1 is 1.13 bits per heavy atom. The number of thiophene rings is 1. The van der Waals surface area contributed by atoms with E-state index in [0.29, 0.717) is 12.4 Å². The van der Waals surface area contributed by atoms with E-state index in [1.165, 1.54) is 5.56 Å². The summed E-state index contributed by atoms with van der Waals surface area (Å²) in [6, 6.07) is 10.3. The maximum atomic E-state index is 4.88. The van der Waals surface area contributed by atoms with Crippen LogP contribution in [-0.4, -0.2) is 34.3 Å². The van der Waals surface area contributed by atoms with E-state index in [1.807, 2.05) is 29.9 Å². The Labute approximate surface area is 189 Å². The fourth-order valence-corrected chi connectivity index (χ4v) is 5.46. The number of benzene rings is 1. The van der Waals surface area contributed by atoms with Crippen molar-refractivity contribution in [2.45, 2.75) is 20.4 Å². The van der Waals surface area contributed by atoms with Crippen molar-refractivity contribution in [2.24, 2.45) is 0 Å². The number of aryl methyl sites for hydroxylation is 2. The lowest BCUT2D eigenvalue weighted by atomic mass is 10.1. The van der Waals surface area contributed by atoms with Crippen LogP contribution in [0, 0.1) is 13.8 Å². The number of hydrogen-bond acceptors (Lipinski definition) is 6. The van der Waals surface area contributed by atoms with Gasteiger partial charge in [0.05, 0.1) is 22.7 Å². The molecule has 5 aromatic heterocycles. The Morgan fingerprint density at radius 2 is 2.03 bits per heavy atom. The van der Waals surface area contributed by atoms with Gasteiger partial charge in [-0.3, -0.25) is 4.68 Å². The van der Waals surface area contributed by atoms with Crippen LogP contribution in [0.1, 0.15) is 16.8 Å². The zero-order chi connectivity index (χ0) is 21.1. The molecule has 0 N–H and O–H groups in total. The third kappa shape index (κ3) is 3.12. The summed E-state index contributed by atoms with van der Waals surface area (Å²) >= 11 is 5.06. The van der Waals surface area contributed by atoms with Crippen molar-refractivity contribution in [1.82, 2.24) is 34.3 Å². The number of nitrogens with zero attached hydrogens (tertiary/aromatic N) is 7. The van der Waals surface area contributed by atoms with E-state index in [1.54, 1.807) is 28.4 Å². The molecule has 0 saturated carbocycles. The number of aromatic nitrogens is 7. The van der Waals surface area contributed by atoms with E-state index >= 15 is 0 Å². The van der Waals surface area contributed by atoms with Gasteiger partial charge in [0, 0.05) is 22.8 Å². The summed E-state index contributed by atoms with van der Waals surface area (Å²) in [7, 11) is 0. The number of fused-ring (bicyclic) bond motifs is 5. The van der Waals surface area contributed by atoms with E-state index < -0.39 is 0 Å². The van der Waals surface area contributed by atoms with E-state index in [9.17, 15) is 0 Å². The first-order valence-corrected chi connectivity index (χ1v) is 11.4. The van der Waals surface area contributed by atoms with Crippen molar-refractivity contribution in [3.63, 3.8) is 0 Å². The molecule has 152 valence electrons. The molecule has 0 aliphatic carbocycles. The highest BCUT2D eigenvalue weighted by Gasteiger charge is 2.17. The molecule has 5 heterocycles. The molecule has 1 aromatic carbocycles. The molecule has 0 saturated heterocycles. The zero-order valence-electron chi connectivity index (χ0n) is 16.7. The lowest BCUT2D eigenvalue weighted by Gasteiger charge is -2.03. The van der Waals surface area contributed by atoms with Gasteiger partial charge < -0.3 is 0 Å². The molecule has 6 aromatic rings. The maximum absolute atomic E-state index is 4.88. The van der Waals surface area contributed by atoms with Crippen molar-refractivity contribution in [3.8, 4) is 11.4 Å². The minimum Gasteiger partial charge on any atom is -0.267 e. The Bertz CT molecular complexity index is 1610. The van der Waals surface area contributed by atoms with E-state index in [-0.39, 0.29) is 0 Å². The van der Waals surface area contributed by atoms with Gasteiger partial charge in [-0.1, -0.05) is 18.2 Å². The van der Waals surface area contributed by atoms with Gasteiger partial charge in [-0.25, -0.2) is 19.5 Å². The molecule has 0 amide bonds. The summed E-state index contributed by atoms with van der Waals surface area (Å²) in [6.07, 6.45) is 5.48. The topological polar surface area (TPSA) is 73.8 Å². The molecule has 0 aliphatic heterocycles. The first kappa shape index (κ1) is 18.6. The van der Waals surface area contributed by atoms with Crippen LogP contribution in [0.3, 0.4) is 0 Å². The van der Waals surface area contributed by atoms with Gasteiger partial charge >= 0.3 is 0 Å². The normalized spacial score (nSPS) is 11.8. The summed E-state index contributed by atoms with van der Waals surface area (Å²) in [5.74, 6) is 0.677. The van der Waals surface area contributed by atoms with Gasteiger partial charge in [-0.05, 0) is 53.0 Å². The second-order valence-electron chi connectivity index (χ2n) is 7.55. The minimum atomic E-state index is 0.677. The van der Waals surface area contributed by atoms with Crippen molar-refractivity contribution in [3.05, 3.63) is 70.3 Å². The molecule has 0 fully saturated rings. The molecule has 0 bridgehead atoms. The van der Waals surface area contributed by atoms with Crippen molar-refractivity contribution in [1.29, 1.82) is 0 Å². The summed E-state index contributed by atoms with van der Waals surface area (Å²) in [5, 5.41) is 10.1. The van der Waals surface area contributed by atoms with Crippen LogP contribution in [0.25, 0.3) is 37.5 Å². The molecule has 7 nitrogen and oxygen atoms in total. The largest absolute Gasteiger partial charge is 0.267 e. The Morgan fingerprint density at radius 3 is 2.87 bits per heavy atom. The summed E-state index contributed by atoms with van der Waals surface area (Å²) in [4.78, 5) is 15.3. The first-order valence-electron chi connectivity index (χ1n) is 9.74. The predicted octanol–water partition coefficient (Wildman–Crippen LogP) is 5.18. The summed E-state index contributed by atoms with van der Waals surface area (Å²) in [6.45, 7) is 4.80. The lowest BCUT2D eigenvalue weighted by Crippen LogP contribution is -1.99. The molecular weight excluding hydrogens is 474 g/mol. The van der Waals surface area contributed by atoms with Crippen molar-refractivity contribution >= 4 is 53.3 Å². The first-order chi connectivity index (χ1) is 15.0. The summed E-state index contributed by atoms with van der Waals surface area (Å²) in [5.41, 5.74) is 6.04. The molecule has 6 rings (SSSR count). The minimum absolute atomic E-state index is 0.677. The van der Waals surface area contributed by atoms with E-state index in [4.69, 9.17) is 15.1 Å². The van der Waals surface area contributed by atoms with Gasteiger partial charge in [0.1, 0.15) is 15.9 Å². The van der Waals surface area contributed by atoms with Gasteiger partial charge in [0.2, 0.25) is 0 Å². The number of halogens is 1. The van der Waals surface area contributed by atoms with Crippen LogP contribution < -0.4 is 0 Å². The van der Waals surface area contributed by atoms with Gasteiger partial charge in [0.25, 0.3) is 0 Å². The highest BCUT2D eigenvalue weighted by molar-refractivity contribution is 9.10. The van der Waals surface area contributed by atoms with Crippen LogP contribution in [-0.2, 0) is 6.54 Å². The molecule has 31 heavy (non-hydrogen) atoms. The maximum Gasteiger partial charge on any atom is 0.182 e. The van der Waals surface area contributed by atoms with Crippen LogP contribution in [0.2, 0.25) is 0 Å². The number of hydrogen-bond donors (Lipinski definition) is 0. The Hall–Kier alpha value is -3.17. The Kier molecular flexibility index (Phi) is 4.15. The standard InChI is InChI=1S/C22H16BrN7S/c1-12-6-13(2)26-22-17(12)18-19(31-22)21-27-20(28-30(21)11-24-18)15-5-3-4-14(7-15)9-29-10-16(23)8-25-29/h3-8,10-11H,9H2,1-2H3. The van der Waals surface area contributed by atoms with Crippen molar-refractivity contribution in [2.75, 3.05) is 0 Å². The SMILES string of the molecule is Cc1cc(C)c2c(n1)sc1c2ncn2nc(-c3cccc(Cn4cc(Br)cn4)c3)nc12. The van der Waals surface area contributed by atoms with Crippen LogP contribution in [0.15, 0.2) is 53.5 Å². The fraction of sp³-hybridized carbons (Fsp3) is 0.136. The highest BCUT2D eigenvalue weighted by atomic mass is 79.9. The molecule has 0 unspecified atom stereocenters. The molecule has 9 heteroatoms. The second kappa shape index (κ2) is 6.93. The zero-order valence-corrected chi connectivity index (χ0v) is 19.1. The van der Waals surface area contributed by atoms with Gasteiger partial charge in [-0.2, -0.15) is 5.10 Å². The number of pyridine rings is 1. The molecule has 0 atom stereocenters. The van der Waals surface area contributed by atoms with Gasteiger partial charge in [-0.15, -0.1) is 16.4 Å². The molecule has 0 radical (unpaired) electrons. The van der Waals surface area contributed by atoms with Crippen LogP contribution >= 0.6 is 27.3 Å². The smallest absolute Gasteiger partial charge is 0.182 e. The quantitative estimate of drug-likeness (QED) is 0.342. The highest BCUT2D eigenvalue weighted by Crippen LogP contribution is 2.36. The predicted molar refractivity (Wildman–Crippen MR) is 125 cm³/mol. The average Bonchev–Trinajstić information content (AvgIpc) is 3.43. The third-order valence-corrected chi connectivity index (χ3v) is 6.70. The van der Waals surface area contributed by atoms with Crippen molar-refractivity contribution < 1.29 is 0 Å². The monoisotopic (exact) mass is 489 g/mol. The van der Waals surface area contributed by atoms with E-state index in [2.05, 4.69) is 51.1 Å². The molecule has 0 spiro atoms. The third-order valence-electron chi connectivity index (χ3n) is 5.22.